The lowest BCUT2D eigenvalue weighted by Gasteiger charge is -2.09. The number of aromatic nitrogens is 2. The second-order valence-electron chi connectivity index (χ2n) is 6.80. The van der Waals surface area contributed by atoms with E-state index in [0.29, 0.717) is 17.5 Å². The molecule has 0 bridgehead atoms. The molecule has 30 heavy (non-hydrogen) atoms. The zero-order chi connectivity index (χ0) is 21.1. The molecule has 0 atom stereocenters. The molecule has 0 amide bonds. The Morgan fingerprint density at radius 2 is 1.90 bits per heavy atom. The number of hydrogen-bond donors (Lipinski definition) is 1. The van der Waals surface area contributed by atoms with Gasteiger partial charge in [0.05, 0.1) is 20.7 Å². The molecule has 6 nitrogen and oxygen atoms in total. The minimum Gasteiger partial charge on any atom is -0.488 e. The number of nitrogens with zero attached hydrogens (tertiary/aromatic N) is 2. The summed E-state index contributed by atoms with van der Waals surface area (Å²) in [6, 6.07) is 20.6. The molecule has 1 heterocycles. The van der Waals surface area contributed by atoms with Crippen molar-refractivity contribution in [1.29, 1.82) is 0 Å². The van der Waals surface area contributed by atoms with E-state index in [4.69, 9.17) is 4.74 Å². The van der Waals surface area contributed by atoms with E-state index in [0.717, 1.165) is 25.1 Å². The van der Waals surface area contributed by atoms with E-state index >= 15 is 0 Å². The Bertz CT molecular complexity index is 1370. The first kappa shape index (κ1) is 20.1. The number of benzene rings is 3. The Balaban J connectivity index is 1.55. The molecule has 0 unspecified atom stereocenters. The largest absolute Gasteiger partial charge is 0.488 e. The summed E-state index contributed by atoms with van der Waals surface area (Å²) in [5, 5.41) is 4.50. The second-order valence-corrected chi connectivity index (χ2v) is 7.97. The Labute approximate surface area is 186 Å². The zero-order valence-corrected chi connectivity index (χ0v) is 18.3. The molecule has 1 N–H and O–H groups in total. The van der Waals surface area contributed by atoms with Crippen molar-refractivity contribution in [2.75, 3.05) is 0 Å². The van der Waals surface area contributed by atoms with Gasteiger partial charge in [-0.15, -0.1) is 4.68 Å². The number of ether oxygens (including phenoxy) is 1. The number of fused-ring (bicyclic) bond motifs is 1. The summed E-state index contributed by atoms with van der Waals surface area (Å²) in [6.45, 7) is 2.53. The number of rotatable bonds is 5. The van der Waals surface area contributed by atoms with Crippen molar-refractivity contribution in [2.45, 2.75) is 13.5 Å². The lowest BCUT2D eigenvalue weighted by molar-refractivity contribution is 0.304. The van der Waals surface area contributed by atoms with Gasteiger partial charge in [-0.25, -0.2) is 4.79 Å². The van der Waals surface area contributed by atoms with Gasteiger partial charge in [0.1, 0.15) is 12.4 Å². The minimum absolute atomic E-state index is 0.406. The molecule has 4 rings (SSSR count). The number of halogens is 1. The first-order chi connectivity index (χ1) is 14.5. The van der Waals surface area contributed by atoms with Crippen LogP contribution in [-0.2, 0) is 6.61 Å². The Morgan fingerprint density at radius 3 is 2.70 bits per heavy atom. The molecule has 4 aromatic rings. The highest BCUT2D eigenvalue weighted by atomic mass is 127. The first-order valence-corrected chi connectivity index (χ1v) is 10.4. The molecular weight excluding hydrogens is 493 g/mol. The molecule has 0 spiro atoms. The van der Waals surface area contributed by atoms with Gasteiger partial charge in [0, 0.05) is 0 Å². The van der Waals surface area contributed by atoms with Crippen molar-refractivity contribution in [3.05, 3.63) is 108 Å². The zero-order valence-electron chi connectivity index (χ0n) is 16.1. The van der Waals surface area contributed by atoms with E-state index in [1.807, 2.05) is 43.3 Å². The summed E-state index contributed by atoms with van der Waals surface area (Å²) in [4.78, 5) is 27.4. The fourth-order valence-electron chi connectivity index (χ4n) is 3.06. The fourth-order valence-corrected chi connectivity index (χ4v) is 3.75. The van der Waals surface area contributed by atoms with E-state index in [1.165, 1.54) is 11.8 Å². The summed E-state index contributed by atoms with van der Waals surface area (Å²) in [5.74, 6) is 0.759. The normalized spacial score (nSPS) is 11.3. The summed E-state index contributed by atoms with van der Waals surface area (Å²) < 4.78 is 7.66. The number of hydrogen-bond acceptors (Lipinski definition) is 4. The maximum absolute atomic E-state index is 12.5. The summed E-state index contributed by atoms with van der Waals surface area (Å²) in [7, 11) is 0. The topological polar surface area (TPSA) is 76.5 Å². The molecular formula is C23H18IN3O3. The number of aryl methyl sites for hydroxylation is 1. The monoisotopic (exact) mass is 511 g/mol. The summed E-state index contributed by atoms with van der Waals surface area (Å²) in [5.41, 5.74) is 2.49. The molecule has 1 aromatic heterocycles. The molecule has 7 heteroatoms. The highest BCUT2D eigenvalue weighted by Crippen LogP contribution is 2.23. The lowest BCUT2D eigenvalue weighted by Crippen LogP contribution is -2.32. The van der Waals surface area contributed by atoms with Crippen molar-refractivity contribution in [3.63, 3.8) is 0 Å². The molecule has 0 saturated carbocycles. The van der Waals surface area contributed by atoms with Crippen LogP contribution in [-0.4, -0.2) is 15.9 Å². The molecule has 150 valence electrons. The van der Waals surface area contributed by atoms with Crippen LogP contribution in [0.3, 0.4) is 0 Å². The molecule has 3 aromatic carbocycles. The van der Waals surface area contributed by atoms with Crippen LogP contribution in [0.15, 0.2) is 81.4 Å². The average molecular weight is 511 g/mol. The van der Waals surface area contributed by atoms with Gasteiger partial charge < -0.3 is 9.72 Å². The number of H-pyrrole nitrogens is 1. The summed E-state index contributed by atoms with van der Waals surface area (Å²) in [6.07, 6.45) is 1.48. The maximum Gasteiger partial charge on any atom is 0.349 e. The molecule has 0 aliphatic rings. The Morgan fingerprint density at radius 1 is 1.07 bits per heavy atom. The van der Waals surface area contributed by atoms with Gasteiger partial charge in [0.2, 0.25) is 0 Å². The highest BCUT2D eigenvalue weighted by Gasteiger charge is 2.06. The number of aromatic amines is 1. The average Bonchev–Trinajstić information content (AvgIpc) is 2.73. The van der Waals surface area contributed by atoms with Crippen molar-refractivity contribution >= 4 is 39.7 Å². The molecule has 0 aliphatic carbocycles. The minimum atomic E-state index is -0.581. The van der Waals surface area contributed by atoms with Crippen molar-refractivity contribution in [1.82, 2.24) is 9.66 Å². The highest BCUT2D eigenvalue weighted by molar-refractivity contribution is 14.1. The quantitative estimate of drug-likeness (QED) is 0.325. The van der Waals surface area contributed by atoms with E-state index in [-0.39, 0.29) is 0 Å². The molecule has 0 saturated heterocycles. The van der Waals surface area contributed by atoms with Gasteiger partial charge in [-0.2, -0.15) is 5.10 Å². The van der Waals surface area contributed by atoms with Crippen LogP contribution in [0.5, 0.6) is 5.75 Å². The third-order valence-corrected chi connectivity index (χ3v) is 5.38. The van der Waals surface area contributed by atoms with Crippen LogP contribution in [0.25, 0.3) is 10.9 Å². The predicted molar refractivity (Wildman–Crippen MR) is 126 cm³/mol. The van der Waals surface area contributed by atoms with Crippen molar-refractivity contribution in [3.8, 4) is 5.75 Å². The van der Waals surface area contributed by atoms with E-state index in [2.05, 4.69) is 38.7 Å². The van der Waals surface area contributed by atoms with Crippen LogP contribution >= 0.6 is 22.6 Å². The smallest absolute Gasteiger partial charge is 0.349 e. The molecule has 0 fully saturated rings. The predicted octanol–water partition coefficient (Wildman–Crippen LogP) is 4.06. The Kier molecular flexibility index (Phi) is 5.80. The van der Waals surface area contributed by atoms with Gasteiger partial charge in [-0.05, 0) is 71.0 Å². The van der Waals surface area contributed by atoms with Gasteiger partial charge in [0.25, 0.3) is 5.56 Å². The lowest BCUT2D eigenvalue weighted by atomic mass is 10.1. The maximum atomic E-state index is 12.5. The van der Waals surface area contributed by atoms with E-state index in [1.54, 1.807) is 24.3 Å². The summed E-state index contributed by atoms with van der Waals surface area (Å²) >= 11 is 2.19. The van der Waals surface area contributed by atoms with Gasteiger partial charge in [-0.1, -0.05) is 42.0 Å². The van der Waals surface area contributed by atoms with E-state index < -0.39 is 11.2 Å². The number of para-hydroxylation sites is 1. The van der Waals surface area contributed by atoms with Crippen molar-refractivity contribution < 1.29 is 4.74 Å². The second kappa shape index (κ2) is 8.66. The van der Waals surface area contributed by atoms with Crippen LogP contribution in [0.2, 0.25) is 0 Å². The van der Waals surface area contributed by atoms with Gasteiger partial charge in [0.15, 0.2) is 0 Å². The van der Waals surface area contributed by atoms with Crippen LogP contribution in [0.4, 0.5) is 0 Å². The van der Waals surface area contributed by atoms with Crippen molar-refractivity contribution in [2.24, 2.45) is 5.10 Å². The third kappa shape index (κ3) is 4.35. The molecule has 0 radical (unpaired) electrons. The van der Waals surface area contributed by atoms with E-state index in [9.17, 15) is 9.59 Å². The molecule has 0 aliphatic heterocycles. The first-order valence-electron chi connectivity index (χ1n) is 9.27. The Hall–Kier alpha value is -3.20. The number of nitrogens with one attached hydrogen (secondary N) is 1. The standard InChI is InChI=1S/C23H18IN3O3/c1-15-5-4-6-17(11-15)14-30-21-10-9-16(12-19(21)24)13-25-27-22(28)18-7-2-3-8-20(18)26-23(27)29/h2-13H,14H2,1H3,(H,26,29). The fraction of sp³-hybridized carbons (Fsp3) is 0.0870. The third-order valence-electron chi connectivity index (χ3n) is 4.54. The SMILES string of the molecule is Cc1cccc(COc2ccc(C=Nn3c(=O)[nH]c4ccccc4c3=O)cc2I)c1. The van der Waals surface area contributed by atoms with Gasteiger partial charge >= 0.3 is 5.69 Å². The van der Waals surface area contributed by atoms with Crippen LogP contribution in [0, 0.1) is 10.5 Å². The van der Waals surface area contributed by atoms with Crippen LogP contribution < -0.4 is 16.0 Å². The van der Waals surface area contributed by atoms with Gasteiger partial charge in [-0.3, -0.25) is 4.79 Å². The van der Waals surface area contributed by atoms with Crippen LogP contribution in [0.1, 0.15) is 16.7 Å².